The Morgan fingerprint density at radius 3 is 2.29 bits per heavy atom. The molecule has 0 bridgehead atoms. The fourth-order valence-electron chi connectivity index (χ4n) is 3.73. The molecule has 0 aliphatic carbocycles. The van der Waals surface area contributed by atoms with E-state index in [1.54, 1.807) is 26.0 Å². The number of rotatable bonds is 10. The van der Waals surface area contributed by atoms with E-state index < -0.39 is 48.2 Å². The molecular weight excluding hydrogens is 444 g/mol. The maximum Gasteiger partial charge on any atom is 0.305 e. The van der Waals surface area contributed by atoms with Crippen LogP contribution in [0.15, 0.2) is 24.3 Å². The molecule has 1 aliphatic heterocycles. The van der Waals surface area contributed by atoms with Crippen LogP contribution in [-0.2, 0) is 24.0 Å². The molecular formula is C23H30N4O7. The van der Waals surface area contributed by atoms with Crippen molar-refractivity contribution in [2.45, 2.75) is 58.2 Å². The molecule has 1 aromatic rings. The van der Waals surface area contributed by atoms with Gasteiger partial charge in [0.25, 0.3) is 5.91 Å². The Morgan fingerprint density at radius 2 is 1.76 bits per heavy atom. The number of carboxylic acid groups (broad SMARTS) is 1. The lowest BCUT2D eigenvalue weighted by Gasteiger charge is -2.31. The summed E-state index contributed by atoms with van der Waals surface area (Å²) in [5.74, 6) is -3.28. The first-order valence-corrected chi connectivity index (χ1v) is 11.0. The molecule has 1 fully saturated rings. The molecule has 4 amide bonds. The standard InChI is InChI=1S/C23H30N4O7/c1-13(2)20(26-21(32)15-6-8-16(9-7-15)24-14(3)29)23(34)27-10-4-5-18(27)22(33)25-17(12-28)11-19(30)31/h6-9,12-13,17-18,20H,4-5,10-11H2,1-3H3,(H,24,29)(H,25,33)(H,26,32)(H,30,31)/t17-,18?,20-/m0/s1. The maximum absolute atomic E-state index is 13.3. The molecule has 1 aromatic carbocycles. The van der Waals surface area contributed by atoms with E-state index in [1.807, 2.05) is 0 Å². The number of carboxylic acids is 1. The first-order chi connectivity index (χ1) is 16.0. The molecule has 1 heterocycles. The van der Waals surface area contributed by atoms with Crippen molar-refractivity contribution in [1.29, 1.82) is 0 Å². The van der Waals surface area contributed by atoms with Gasteiger partial charge in [0.05, 0.1) is 12.5 Å². The van der Waals surface area contributed by atoms with E-state index in [4.69, 9.17) is 5.11 Å². The maximum atomic E-state index is 13.3. The third-order valence-corrected chi connectivity index (χ3v) is 5.41. The normalized spacial score (nSPS) is 16.9. The molecule has 4 N–H and O–H groups in total. The van der Waals surface area contributed by atoms with Crippen molar-refractivity contribution < 1.29 is 33.9 Å². The number of likely N-dealkylation sites (tertiary alicyclic amines) is 1. The summed E-state index contributed by atoms with van der Waals surface area (Å²) in [5.41, 5.74) is 0.828. The number of nitrogens with zero attached hydrogens (tertiary/aromatic N) is 1. The van der Waals surface area contributed by atoms with Gasteiger partial charge >= 0.3 is 5.97 Å². The van der Waals surface area contributed by atoms with Gasteiger partial charge in [-0.15, -0.1) is 0 Å². The van der Waals surface area contributed by atoms with Gasteiger partial charge in [-0.2, -0.15) is 0 Å². The van der Waals surface area contributed by atoms with Crippen LogP contribution in [0.3, 0.4) is 0 Å². The smallest absolute Gasteiger partial charge is 0.305 e. The minimum atomic E-state index is -1.23. The zero-order valence-electron chi connectivity index (χ0n) is 19.4. The van der Waals surface area contributed by atoms with E-state index in [1.165, 1.54) is 24.0 Å². The van der Waals surface area contributed by atoms with Crippen LogP contribution >= 0.6 is 0 Å². The minimum absolute atomic E-state index is 0.241. The summed E-state index contributed by atoms with van der Waals surface area (Å²) in [7, 11) is 0. The molecule has 11 heteroatoms. The molecule has 11 nitrogen and oxygen atoms in total. The lowest BCUT2D eigenvalue weighted by molar-refractivity contribution is -0.142. The van der Waals surface area contributed by atoms with E-state index in [0.29, 0.717) is 36.9 Å². The Hall–Kier alpha value is -3.76. The van der Waals surface area contributed by atoms with Crippen LogP contribution in [0.2, 0.25) is 0 Å². The summed E-state index contributed by atoms with van der Waals surface area (Å²) in [6.45, 7) is 5.20. The van der Waals surface area contributed by atoms with Crippen molar-refractivity contribution in [1.82, 2.24) is 15.5 Å². The average Bonchev–Trinajstić information content (AvgIpc) is 3.26. The topological polar surface area (TPSA) is 162 Å². The molecule has 0 aromatic heterocycles. The molecule has 34 heavy (non-hydrogen) atoms. The van der Waals surface area contributed by atoms with Crippen LogP contribution in [0.25, 0.3) is 0 Å². The van der Waals surface area contributed by atoms with Crippen LogP contribution in [0.5, 0.6) is 0 Å². The lowest BCUT2D eigenvalue weighted by Crippen LogP contribution is -2.56. The first kappa shape index (κ1) is 26.5. The SMILES string of the molecule is CC(=O)Nc1ccc(C(=O)N[C@H](C(=O)N2CCCC2C(=O)N[C@H](C=O)CC(=O)O)C(C)C)cc1. The van der Waals surface area contributed by atoms with Gasteiger partial charge in [-0.05, 0) is 43.0 Å². The van der Waals surface area contributed by atoms with Gasteiger partial charge in [-0.25, -0.2) is 0 Å². The van der Waals surface area contributed by atoms with Crippen molar-refractivity contribution in [3.63, 3.8) is 0 Å². The number of hydrogen-bond donors (Lipinski definition) is 4. The van der Waals surface area contributed by atoms with Crippen molar-refractivity contribution in [2.24, 2.45) is 5.92 Å². The van der Waals surface area contributed by atoms with Gasteiger partial charge in [0.1, 0.15) is 18.4 Å². The second kappa shape index (κ2) is 11.9. The quantitative estimate of drug-likeness (QED) is 0.360. The molecule has 1 saturated heterocycles. The van der Waals surface area contributed by atoms with Crippen LogP contribution in [0.1, 0.15) is 50.4 Å². The van der Waals surface area contributed by atoms with Crippen LogP contribution in [0, 0.1) is 5.92 Å². The Labute approximate surface area is 197 Å². The highest BCUT2D eigenvalue weighted by Crippen LogP contribution is 2.21. The average molecular weight is 475 g/mol. The number of aldehydes is 1. The monoisotopic (exact) mass is 474 g/mol. The molecule has 1 aliphatic rings. The van der Waals surface area contributed by atoms with Crippen LogP contribution in [0.4, 0.5) is 5.69 Å². The third-order valence-electron chi connectivity index (χ3n) is 5.41. The van der Waals surface area contributed by atoms with Gasteiger partial charge < -0.3 is 30.8 Å². The second-order valence-electron chi connectivity index (χ2n) is 8.49. The first-order valence-electron chi connectivity index (χ1n) is 11.0. The van der Waals surface area contributed by atoms with E-state index in [2.05, 4.69) is 16.0 Å². The van der Waals surface area contributed by atoms with Crippen molar-refractivity contribution in [3.8, 4) is 0 Å². The van der Waals surface area contributed by atoms with Crippen LogP contribution in [-0.4, -0.2) is 70.6 Å². The van der Waals surface area contributed by atoms with Gasteiger partial charge in [-0.1, -0.05) is 13.8 Å². The van der Waals surface area contributed by atoms with Crippen molar-refractivity contribution >= 4 is 41.6 Å². The molecule has 2 rings (SSSR count). The summed E-state index contributed by atoms with van der Waals surface area (Å²) in [5, 5.41) is 16.6. The molecule has 0 radical (unpaired) electrons. The Morgan fingerprint density at radius 1 is 1.12 bits per heavy atom. The molecule has 3 atom stereocenters. The number of nitrogens with one attached hydrogen (secondary N) is 3. The number of carbonyl (C=O) groups is 6. The molecule has 1 unspecified atom stereocenters. The van der Waals surface area contributed by atoms with E-state index >= 15 is 0 Å². The number of carbonyl (C=O) groups excluding carboxylic acids is 5. The predicted octanol–water partition coefficient (Wildman–Crippen LogP) is 0.549. The zero-order valence-corrected chi connectivity index (χ0v) is 19.4. The van der Waals surface area contributed by atoms with Gasteiger partial charge in [0.2, 0.25) is 17.7 Å². The third kappa shape index (κ3) is 7.12. The number of anilines is 1. The second-order valence-corrected chi connectivity index (χ2v) is 8.49. The van der Waals surface area contributed by atoms with Gasteiger partial charge in [-0.3, -0.25) is 24.0 Å². The number of aliphatic carboxylic acids is 1. The predicted molar refractivity (Wildman–Crippen MR) is 122 cm³/mol. The fraction of sp³-hybridized carbons (Fsp3) is 0.478. The summed E-state index contributed by atoms with van der Waals surface area (Å²) in [4.78, 5) is 73.2. The Kier molecular flexibility index (Phi) is 9.28. The minimum Gasteiger partial charge on any atom is -0.481 e. The van der Waals surface area contributed by atoms with Crippen molar-refractivity contribution in [2.75, 3.05) is 11.9 Å². The highest BCUT2D eigenvalue weighted by atomic mass is 16.4. The largest absolute Gasteiger partial charge is 0.481 e. The molecule has 0 saturated carbocycles. The number of amides is 4. The summed E-state index contributed by atoms with van der Waals surface area (Å²) in [6, 6.07) is 3.24. The number of benzene rings is 1. The van der Waals surface area contributed by atoms with E-state index in [0.717, 1.165) is 0 Å². The highest BCUT2D eigenvalue weighted by Gasteiger charge is 2.39. The fourth-order valence-corrected chi connectivity index (χ4v) is 3.73. The van der Waals surface area contributed by atoms with E-state index in [9.17, 15) is 28.8 Å². The zero-order chi connectivity index (χ0) is 25.4. The highest BCUT2D eigenvalue weighted by molar-refractivity contribution is 5.99. The Balaban J connectivity index is 2.10. The van der Waals surface area contributed by atoms with Crippen molar-refractivity contribution in [3.05, 3.63) is 29.8 Å². The lowest BCUT2D eigenvalue weighted by atomic mass is 10.0. The molecule has 0 spiro atoms. The van der Waals surface area contributed by atoms with Gasteiger partial charge in [0, 0.05) is 24.7 Å². The molecule has 184 valence electrons. The van der Waals surface area contributed by atoms with Gasteiger partial charge in [0.15, 0.2) is 0 Å². The van der Waals surface area contributed by atoms with E-state index in [-0.39, 0.29) is 11.8 Å². The summed E-state index contributed by atoms with van der Waals surface area (Å²) >= 11 is 0. The summed E-state index contributed by atoms with van der Waals surface area (Å²) in [6.07, 6.45) is 0.709. The van der Waals surface area contributed by atoms with Crippen LogP contribution < -0.4 is 16.0 Å². The number of hydrogen-bond acceptors (Lipinski definition) is 6. The Bertz CT molecular complexity index is 945. The summed E-state index contributed by atoms with van der Waals surface area (Å²) < 4.78 is 0.